The van der Waals surface area contributed by atoms with Gasteiger partial charge in [-0.05, 0) is 78.6 Å². The molecule has 1 aliphatic rings. The van der Waals surface area contributed by atoms with E-state index < -0.39 is 119 Å². The van der Waals surface area contributed by atoms with Crippen LogP contribution in [0.5, 0.6) is 11.5 Å². The molecule has 0 aliphatic carbocycles. The van der Waals surface area contributed by atoms with Gasteiger partial charge in [-0.3, -0.25) is 48.5 Å². The number of benzene rings is 3. The van der Waals surface area contributed by atoms with Crippen LogP contribution in [0.2, 0.25) is 0 Å². The Morgan fingerprint density at radius 2 is 1.01 bits per heavy atom. The largest absolute Gasteiger partial charge is 0.508 e. The molecule has 12 N–H and O–H groups in total. The van der Waals surface area contributed by atoms with Crippen molar-refractivity contribution in [1.82, 2.24) is 42.5 Å². The predicted octanol–water partition coefficient (Wildman–Crippen LogP) is -0.620. The molecule has 4 rings (SSSR count). The van der Waals surface area contributed by atoms with Crippen molar-refractivity contribution >= 4 is 88.4 Å². The van der Waals surface area contributed by atoms with Gasteiger partial charge in [0.15, 0.2) is 0 Å². The second-order valence-corrected chi connectivity index (χ2v) is 20.0. The molecule has 74 heavy (non-hydrogen) atoms. The van der Waals surface area contributed by atoms with Crippen molar-refractivity contribution in [3.63, 3.8) is 0 Å². The molecule has 7 amide bonds. The van der Waals surface area contributed by atoms with Crippen molar-refractivity contribution in [2.45, 2.75) is 107 Å². The number of nitrogens with one attached hydrogen (secondary N) is 8. The Labute approximate surface area is 443 Å². The number of thioether (sulfide) groups is 2. The van der Waals surface area contributed by atoms with Crippen LogP contribution in [-0.2, 0) is 62.4 Å². The normalized spacial score (nSPS) is 24.7. The van der Waals surface area contributed by atoms with Crippen LogP contribution >= 0.6 is 36.2 Å². The summed E-state index contributed by atoms with van der Waals surface area (Å²) in [6.07, 6.45) is 0.123. The molecule has 3 aromatic rings. The Hall–Kier alpha value is -6.18. The zero-order valence-corrected chi connectivity index (χ0v) is 43.9. The zero-order valence-electron chi connectivity index (χ0n) is 41.4. The maximum Gasteiger partial charge on any atom is 0.258 e. The van der Waals surface area contributed by atoms with Crippen molar-refractivity contribution in [2.24, 2.45) is 5.92 Å². The molecule has 0 aromatic heterocycles. The third-order valence-electron chi connectivity index (χ3n) is 12.1. The molecule has 1 heterocycles. The molecule has 10 atom stereocenters. The van der Waals surface area contributed by atoms with E-state index in [0.29, 0.717) is 40.6 Å². The number of phenolic OH excluding ortho intramolecular Hbond substituents is 2. The summed E-state index contributed by atoms with van der Waals surface area (Å²) < 4.78 is 0. The summed E-state index contributed by atoms with van der Waals surface area (Å²) in [7, 11) is 0. The first-order valence-corrected chi connectivity index (χ1v) is 26.8. The van der Waals surface area contributed by atoms with Crippen LogP contribution in [0.25, 0.3) is 0 Å². The van der Waals surface area contributed by atoms with E-state index in [1.54, 1.807) is 50.4 Å². The molecule has 0 unspecified atom stereocenters. The van der Waals surface area contributed by atoms with Gasteiger partial charge in [-0.15, -0.1) is 0 Å². The minimum Gasteiger partial charge on any atom is -0.508 e. The highest BCUT2D eigenvalue weighted by atomic mass is 32.2. The Morgan fingerprint density at radius 3 is 1.53 bits per heavy atom. The molecule has 0 radical (unpaired) electrons. The Kier molecular flexibility index (Phi) is 24.7. The molecule has 402 valence electrons. The maximum atomic E-state index is 14.5. The van der Waals surface area contributed by atoms with Gasteiger partial charge < -0.3 is 57.6 Å². The third kappa shape index (κ3) is 18.6. The van der Waals surface area contributed by atoms with Crippen LogP contribution in [0.1, 0.15) is 50.3 Å². The van der Waals surface area contributed by atoms with Gasteiger partial charge in [-0.25, -0.2) is 0 Å². The Bertz CT molecular complexity index is 2400. The number of amides is 7. The van der Waals surface area contributed by atoms with Crippen molar-refractivity contribution < 1.29 is 63.6 Å². The number of ketones is 1. The van der Waals surface area contributed by atoms with Gasteiger partial charge in [0, 0.05) is 18.6 Å². The molecular formula is C50H66N8O13S3. The number of Topliss-reactive ketones (excluding diaryl/α,β-unsaturated/α-hetero) is 1. The first-order valence-electron chi connectivity index (χ1n) is 23.8. The fourth-order valence-corrected chi connectivity index (χ4v) is 8.96. The van der Waals surface area contributed by atoms with Gasteiger partial charge >= 0.3 is 0 Å². The lowest BCUT2D eigenvalue weighted by Crippen LogP contribution is -2.62. The number of hydrogen-bond acceptors (Lipinski definition) is 17. The van der Waals surface area contributed by atoms with Crippen molar-refractivity contribution in [3.8, 4) is 11.5 Å². The summed E-state index contributed by atoms with van der Waals surface area (Å²) in [4.78, 5) is 126. The molecule has 1 saturated heterocycles. The molecular weight excluding hydrogens is 1020 g/mol. The molecule has 1 fully saturated rings. The number of carbonyl (C=O) groups excluding carboxylic acids is 9. The average Bonchev–Trinajstić information content (AvgIpc) is 3.38. The van der Waals surface area contributed by atoms with Gasteiger partial charge in [0.05, 0.1) is 30.7 Å². The molecule has 24 heteroatoms. The highest BCUT2D eigenvalue weighted by Gasteiger charge is 2.37. The topological polar surface area (TPSA) is 331 Å². The van der Waals surface area contributed by atoms with Crippen molar-refractivity contribution in [2.75, 3.05) is 30.2 Å². The molecule has 0 saturated carbocycles. The van der Waals surface area contributed by atoms with E-state index in [1.165, 1.54) is 60.3 Å². The fourth-order valence-electron chi connectivity index (χ4n) is 7.53. The van der Waals surface area contributed by atoms with E-state index in [-0.39, 0.29) is 48.8 Å². The quantitative estimate of drug-likeness (QED) is 0.0707. The van der Waals surface area contributed by atoms with Crippen LogP contribution in [-0.4, -0.2) is 157 Å². The number of aliphatic hydroxyl groups is 2. The van der Waals surface area contributed by atoms with Gasteiger partial charge in [0.1, 0.15) is 47.8 Å². The highest BCUT2D eigenvalue weighted by Crippen LogP contribution is 2.17. The van der Waals surface area contributed by atoms with E-state index in [1.807, 2.05) is 0 Å². The second kappa shape index (κ2) is 30.3. The van der Waals surface area contributed by atoms with Crippen LogP contribution in [0.15, 0.2) is 78.9 Å². The molecule has 0 spiro atoms. The summed E-state index contributed by atoms with van der Waals surface area (Å²) in [5, 5.41) is 60.6. The van der Waals surface area contributed by atoms with E-state index >= 15 is 0 Å². The van der Waals surface area contributed by atoms with E-state index in [2.05, 4.69) is 55.2 Å². The van der Waals surface area contributed by atoms with Crippen molar-refractivity contribution in [1.29, 1.82) is 0 Å². The lowest BCUT2D eigenvalue weighted by molar-refractivity contribution is -0.137. The van der Waals surface area contributed by atoms with Gasteiger partial charge in [-0.2, -0.15) is 24.4 Å². The first-order chi connectivity index (χ1) is 35.3. The van der Waals surface area contributed by atoms with Crippen molar-refractivity contribution in [3.05, 3.63) is 95.6 Å². The minimum absolute atomic E-state index is 0.0229. The Morgan fingerprint density at radius 1 is 0.581 bits per heavy atom. The summed E-state index contributed by atoms with van der Waals surface area (Å²) in [6.45, 7) is 3.64. The summed E-state index contributed by atoms with van der Waals surface area (Å²) >= 11 is 6.11. The molecule has 21 nitrogen and oxygen atoms in total. The number of aromatic hydroxyl groups is 2. The fraction of sp³-hybridized carbons (Fsp3) is 0.460. The number of rotatable bonds is 14. The van der Waals surface area contributed by atoms with Crippen LogP contribution in [0.3, 0.4) is 0 Å². The monoisotopic (exact) mass is 1080 g/mol. The minimum atomic E-state index is -1.79. The molecule has 0 bridgehead atoms. The van der Waals surface area contributed by atoms with Crippen LogP contribution in [0.4, 0.5) is 0 Å². The van der Waals surface area contributed by atoms with Crippen LogP contribution in [0, 0.1) is 5.92 Å². The number of aliphatic hydroxyl groups excluding tert-OH is 2. The predicted molar refractivity (Wildman–Crippen MR) is 282 cm³/mol. The van der Waals surface area contributed by atoms with E-state index in [0.717, 1.165) is 6.92 Å². The number of thiol groups is 1. The zero-order chi connectivity index (χ0) is 54.5. The smallest absolute Gasteiger partial charge is 0.258 e. The highest BCUT2D eigenvalue weighted by molar-refractivity contribution is 8.15. The van der Waals surface area contributed by atoms with Gasteiger partial charge in [0.2, 0.25) is 47.1 Å². The summed E-state index contributed by atoms with van der Waals surface area (Å²) in [5.74, 6) is -8.58. The SMILES string of the molecule is CC[C@H](C)[C@@H]1NC(=O)[C@H](Cc2ccccc2)NC(=O)[C@H](Cc2ccc(O)cc2)NC(=O)[C@H](CS)NC(=O)[C@H]([C@@H](C)O)NC(=O)[C@H](CO)NC(=O)[C@H](Cc2ccc(O)cc2)NCSC(=O)C(=O)[C@H](CCSC)NC1=O. The van der Waals surface area contributed by atoms with Gasteiger partial charge in [0.25, 0.3) is 5.12 Å². The standard InChI is InChI=1S/C50H66N8O13S3/c1-5-27(2)40-48(69)52-34(19-20-73-4)42(63)50(71)74-26-51-35(21-30-11-15-32(61)16-12-30)43(64)55-38(24-59)46(67)58-41(28(3)60)49(70)56-39(25-72)47(68)54-36(23-31-13-17-33(62)18-14-31)44(65)53-37(45(66)57-40)22-29-9-7-6-8-10-29/h6-18,27-28,34-41,51,59-62,72H,5,19-26H2,1-4H3,(H,52,69)(H,53,65)(H,54,68)(H,55,64)(H,56,70)(H,57,66)(H,58,67)/t27-,28+,34-,35-,36-,37-,38-,39-,40-,41-/m0/s1. The lowest BCUT2D eigenvalue weighted by Gasteiger charge is -2.29. The third-order valence-corrected chi connectivity index (χ3v) is 13.9. The number of phenols is 2. The van der Waals surface area contributed by atoms with Crippen LogP contribution < -0.4 is 42.5 Å². The number of carbonyl (C=O) groups is 9. The lowest BCUT2D eigenvalue weighted by atomic mass is 9.96. The molecule has 1 aliphatic heterocycles. The molecule has 3 aromatic carbocycles. The average molecular weight is 1080 g/mol. The summed E-state index contributed by atoms with van der Waals surface area (Å²) in [6, 6.07) is 8.37. The Balaban J connectivity index is 1.80. The second-order valence-electron chi connectivity index (χ2n) is 17.7. The van der Waals surface area contributed by atoms with E-state index in [4.69, 9.17) is 0 Å². The van der Waals surface area contributed by atoms with Gasteiger partial charge in [-0.1, -0.05) is 86.6 Å². The first kappa shape index (κ1) is 60.4. The van der Waals surface area contributed by atoms with E-state index in [9.17, 15) is 63.6 Å². The summed E-state index contributed by atoms with van der Waals surface area (Å²) in [5.41, 5.74) is 1.57. The maximum absolute atomic E-state index is 14.5. The number of hydrogen-bond donors (Lipinski definition) is 13.